The number of ether oxygens (including phenoxy) is 2. The van der Waals surface area contributed by atoms with E-state index in [0.29, 0.717) is 11.4 Å². The zero-order valence-corrected chi connectivity index (χ0v) is 16.1. The fourth-order valence-corrected chi connectivity index (χ4v) is 2.50. The Morgan fingerprint density at radius 2 is 1.96 bits per heavy atom. The summed E-state index contributed by atoms with van der Waals surface area (Å²) in [5.41, 5.74) is 0.914. The van der Waals surface area contributed by atoms with E-state index in [1.807, 2.05) is 31.2 Å². The summed E-state index contributed by atoms with van der Waals surface area (Å²) in [6, 6.07) is 12.5. The second-order valence-electron chi connectivity index (χ2n) is 7.08. The van der Waals surface area contributed by atoms with E-state index in [4.69, 9.17) is 9.47 Å². The molecule has 0 fully saturated rings. The van der Waals surface area contributed by atoms with E-state index >= 15 is 0 Å². The van der Waals surface area contributed by atoms with E-state index in [1.54, 1.807) is 44.4 Å². The van der Waals surface area contributed by atoms with Crippen LogP contribution in [0.15, 0.2) is 59.7 Å². The highest BCUT2D eigenvalue weighted by molar-refractivity contribution is 5.43. The van der Waals surface area contributed by atoms with Crippen molar-refractivity contribution in [3.63, 3.8) is 0 Å². The van der Waals surface area contributed by atoms with Crippen LogP contribution in [0.4, 0.5) is 0 Å². The van der Waals surface area contributed by atoms with E-state index in [2.05, 4.69) is 9.97 Å². The van der Waals surface area contributed by atoms with Gasteiger partial charge in [0.2, 0.25) is 5.88 Å². The first kappa shape index (κ1) is 19.6. The molecule has 146 valence electrons. The van der Waals surface area contributed by atoms with Crippen molar-refractivity contribution in [3.8, 4) is 17.3 Å². The van der Waals surface area contributed by atoms with E-state index < -0.39 is 11.3 Å². The van der Waals surface area contributed by atoms with Crippen molar-refractivity contribution in [2.75, 3.05) is 6.61 Å². The fraction of sp³-hybridized carbons (Fsp3) is 0.286. The topological polar surface area (TPSA) is 86.5 Å². The predicted octanol–water partition coefficient (Wildman–Crippen LogP) is 2.66. The zero-order valence-electron chi connectivity index (χ0n) is 16.1. The number of hydrogen-bond donors (Lipinski definition) is 1. The first-order valence-electron chi connectivity index (χ1n) is 8.90. The molecule has 1 aromatic carbocycles. The van der Waals surface area contributed by atoms with Gasteiger partial charge in [-0.15, -0.1) is 0 Å². The highest BCUT2D eigenvalue weighted by Crippen LogP contribution is 2.22. The number of benzene rings is 1. The number of hydrogen-bond acceptors (Lipinski definition) is 6. The van der Waals surface area contributed by atoms with Crippen LogP contribution < -0.4 is 15.2 Å². The van der Waals surface area contributed by atoms with Crippen molar-refractivity contribution in [2.45, 2.75) is 33.0 Å². The lowest BCUT2D eigenvalue weighted by Crippen LogP contribution is -2.28. The molecule has 0 saturated carbocycles. The molecule has 3 rings (SSSR count). The van der Waals surface area contributed by atoms with Gasteiger partial charge in [-0.05, 0) is 56.7 Å². The molecule has 2 heterocycles. The monoisotopic (exact) mass is 381 g/mol. The van der Waals surface area contributed by atoms with Crippen molar-refractivity contribution in [1.82, 2.24) is 14.5 Å². The molecule has 0 bridgehead atoms. The third-order valence-electron chi connectivity index (χ3n) is 3.89. The van der Waals surface area contributed by atoms with Crippen LogP contribution in [0, 0.1) is 6.92 Å². The summed E-state index contributed by atoms with van der Waals surface area (Å²) < 4.78 is 12.6. The van der Waals surface area contributed by atoms with Gasteiger partial charge in [-0.25, -0.2) is 4.79 Å². The van der Waals surface area contributed by atoms with Crippen LogP contribution in [0.2, 0.25) is 0 Å². The van der Waals surface area contributed by atoms with E-state index in [9.17, 15) is 9.90 Å². The molecule has 0 aliphatic heterocycles. The molecule has 0 amide bonds. The van der Waals surface area contributed by atoms with Crippen molar-refractivity contribution in [1.29, 1.82) is 0 Å². The van der Waals surface area contributed by atoms with Gasteiger partial charge < -0.3 is 14.6 Å². The normalized spacial score (nSPS) is 11.3. The second-order valence-corrected chi connectivity index (χ2v) is 7.08. The molecule has 0 radical (unpaired) electrons. The molecular weight excluding hydrogens is 358 g/mol. The first-order valence-corrected chi connectivity index (χ1v) is 8.90. The number of aryl methyl sites for hydroxylation is 1. The van der Waals surface area contributed by atoms with E-state index in [0.717, 1.165) is 11.3 Å². The molecule has 7 nitrogen and oxygen atoms in total. The highest BCUT2D eigenvalue weighted by atomic mass is 16.5. The zero-order chi connectivity index (χ0) is 20.1. The molecule has 7 heteroatoms. The van der Waals surface area contributed by atoms with Crippen LogP contribution in [0.3, 0.4) is 0 Å². The van der Waals surface area contributed by atoms with Crippen LogP contribution >= 0.6 is 0 Å². The van der Waals surface area contributed by atoms with Gasteiger partial charge in [0.05, 0.1) is 17.0 Å². The van der Waals surface area contributed by atoms with Gasteiger partial charge in [-0.2, -0.15) is 4.98 Å². The molecule has 28 heavy (non-hydrogen) atoms. The van der Waals surface area contributed by atoms with Gasteiger partial charge >= 0.3 is 5.69 Å². The lowest BCUT2D eigenvalue weighted by Gasteiger charge is -2.19. The third kappa shape index (κ3) is 5.17. The standard InChI is InChI=1S/C21H23N3O4/c1-15-12-17(7-8-18(15)28-14-21(2,3)26)24-11-9-19(23-20(24)25)27-13-16-6-4-5-10-22-16/h4-12,26H,13-14H2,1-3H3. The summed E-state index contributed by atoms with van der Waals surface area (Å²) in [5.74, 6) is 0.899. The third-order valence-corrected chi connectivity index (χ3v) is 3.89. The van der Waals surface area contributed by atoms with Crippen molar-refractivity contribution < 1.29 is 14.6 Å². The Kier molecular flexibility index (Phi) is 5.75. The van der Waals surface area contributed by atoms with Gasteiger partial charge in [-0.1, -0.05) is 6.07 Å². The summed E-state index contributed by atoms with van der Waals surface area (Å²) >= 11 is 0. The summed E-state index contributed by atoms with van der Waals surface area (Å²) in [7, 11) is 0. The molecule has 0 atom stereocenters. The SMILES string of the molecule is Cc1cc(-n2ccc(OCc3ccccn3)nc2=O)ccc1OCC(C)(C)O. The Labute approximate surface area is 163 Å². The van der Waals surface area contributed by atoms with Gasteiger partial charge in [-0.3, -0.25) is 9.55 Å². The van der Waals surface area contributed by atoms with Crippen LogP contribution in [0.25, 0.3) is 5.69 Å². The Balaban J connectivity index is 1.73. The lowest BCUT2D eigenvalue weighted by atomic mass is 10.1. The molecular formula is C21H23N3O4. The summed E-state index contributed by atoms with van der Waals surface area (Å²) in [4.78, 5) is 20.5. The molecule has 0 spiro atoms. The average Bonchev–Trinajstić information content (AvgIpc) is 2.65. The second kappa shape index (κ2) is 8.22. The Hall–Kier alpha value is -3.19. The van der Waals surface area contributed by atoms with Crippen LogP contribution in [0.5, 0.6) is 11.6 Å². The maximum absolute atomic E-state index is 12.4. The van der Waals surface area contributed by atoms with Gasteiger partial charge in [0.25, 0.3) is 0 Å². The Morgan fingerprint density at radius 1 is 1.14 bits per heavy atom. The van der Waals surface area contributed by atoms with E-state index in [-0.39, 0.29) is 19.1 Å². The average molecular weight is 381 g/mol. The minimum atomic E-state index is -0.920. The van der Waals surface area contributed by atoms with Crippen molar-refractivity contribution in [3.05, 3.63) is 76.6 Å². The highest BCUT2D eigenvalue weighted by Gasteiger charge is 2.14. The Morgan fingerprint density at radius 3 is 2.61 bits per heavy atom. The molecule has 1 N–H and O–H groups in total. The molecule has 0 saturated heterocycles. The molecule has 0 aliphatic carbocycles. The van der Waals surface area contributed by atoms with Crippen LogP contribution in [0.1, 0.15) is 25.1 Å². The minimum Gasteiger partial charge on any atom is -0.490 e. The molecule has 2 aromatic heterocycles. The summed E-state index contributed by atoms with van der Waals surface area (Å²) in [6.45, 7) is 5.66. The van der Waals surface area contributed by atoms with Crippen LogP contribution in [-0.4, -0.2) is 31.8 Å². The van der Waals surface area contributed by atoms with Gasteiger partial charge in [0.1, 0.15) is 19.0 Å². The maximum Gasteiger partial charge on any atom is 0.355 e. The number of rotatable bonds is 7. The van der Waals surface area contributed by atoms with Crippen LogP contribution in [-0.2, 0) is 6.61 Å². The Bertz CT molecular complexity index is 995. The summed E-state index contributed by atoms with van der Waals surface area (Å²) in [5, 5.41) is 9.79. The van der Waals surface area contributed by atoms with Gasteiger partial charge in [0.15, 0.2) is 0 Å². The molecule has 0 aliphatic rings. The minimum absolute atomic E-state index is 0.178. The smallest absolute Gasteiger partial charge is 0.355 e. The molecule has 3 aromatic rings. The molecule has 0 unspecified atom stereocenters. The predicted molar refractivity (Wildman–Crippen MR) is 105 cm³/mol. The summed E-state index contributed by atoms with van der Waals surface area (Å²) in [6.07, 6.45) is 3.30. The van der Waals surface area contributed by atoms with Crippen molar-refractivity contribution in [2.24, 2.45) is 0 Å². The lowest BCUT2D eigenvalue weighted by molar-refractivity contribution is 0.0282. The first-order chi connectivity index (χ1) is 13.3. The van der Waals surface area contributed by atoms with Crippen molar-refractivity contribution >= 4 is 0 Å². The van der Waals surface area contributed by atoms with E-state index in [1.165, 1.54) is 4.57 Å². The largest absolute Gasteiger partial charge is 0.490 e. The number of aliphatic hydroxyl groups is 1. The number of nitrogens with zero attached hydrogens (tertiary/aromatic N) is 3. The number of aromatic nitrogens is 3. The number of pyridine rings is 1. The fourth-order valence-electron chi connectivity index (χ4n) is 2.50. The quantitative estimate of drug-likeness (QED) is 0.677. The maximum atomic E-state index is 12.4. The van der Waals surface area contributed by atoms with Gasteiger partial charge in [0, 0.05) is 18.5 Å².